The number of nitrogens with one attached hydrogen (secondary N) is 1. The molecule has 1 aliphatic heterocycles. The van der Waals surface area contributed by atoms with E-state index in [2.05, 4.69) is 22.4 Å². The van der Waals surface area contributed by atoms with Gasteiger partial charge in [0.05, 0.1) is 17.4 Å². The molecule has 27 heavy (non-hydrogen) atoms. The summed E-state index contributed by atoms with van der Waals surface area (Å²) in [5, 5.41) is 3.97. The van der Waals surface area contributed by atoms with Crippen LogP contribution < -0.4 is 5.32 Å². The van der Waals surface area contributed by atoms with Crippen molar-refractivity contribution in [3.63, 3.8) is 0 Å². The number of halogens is 1. The molecule has 1 aromatic heterocycles. The van der Waals surface area contributed by atoms with Gasteiger partial charge in [0.25, 0.3) is 5.91 Å². The van der Waals surface area contributed by atoms with E-state index < -0.39 is 0 Å². The van der Waals surface area contributed by atoms with Crippen LogP contribution in [-0.4, -0.2) is 22.3 Å². The molecule has 0 atom stereocenters. The van der Waals surface area contributed by atoms with Crippen molar-refractivity contribution in [1.29, 1.82) is 0 Å². The normalized spacial score (nSPS) is 13.2. The SMILES string of the molecule is Cc1ccc(Cl)cc1Nc1cncc(C(=O)N2CCc3ccccc3C2)c1. The molecule has 0 fully saturated rings. The number of rotatable bonds is 3. The third kappa shape index (κ3) is 3.81. The first kappa shape index (κ1) is 17.6. The number of hydrogen-bond acceptors (Lipinski definition) is 3. The van der Waals surface area contributed by atoms with Crippen LogP contribution in [0.5, 0.6) is 0 Å². The van der Waals surface area contributed by atoms with Crippen molar-refractivity contribution in [3.05, 3.63) is 88.2 Å². The Morgan fingerprint density at radius 3 is 2.78 bits per heavy atom. The first-order valence-electron chi connectivity index (χ1n) is 8.94. The Kier molecular flexibility index (Phi) is 4.82. The molecule has 0 bridgehead atoms. The van der Waals surface area contributed by atoms with Gasteiger partial charge in [-0.3, -0.25) is 9.78 Å². The first-order valence-corrected chi connectivity index (χ1v) is 9.32. The van der Waals surface area contributed by atoms with Crippen LogP contribution in [0.15, 0.2) is 60.9 Å². The maximum absolute atomic E-state index is 13.0. The minimum atomic E-state index is 0.00321. The molecule has 5 heteroatoms. The number of amides is 1. The largest absolute Gasteiger partial charge is 0.354 e. The lowest BCUT2D eigenvalue weighted by Gasteiger charge is -2.29. The van der Waals surface area contributed by atoms with Gasteiger partial charge in [0, 0.05) is 30.0 Å². The summed E-state index contributed by atoms with van der Waals surface area (Å²) in [6.07, 6.45) is 4.22. The van der Waals surface area contributed by atoms with Crippen molar-refractivity contribution in [2.24, 2.45) is 0 Å². The molecular weight excluding hydrogens is 358 g/mol. The molecular formula is C22H20ClN3O. The van der Waals surface area contributed by atoms with Crippen molar-refractivity contribution in [3.8, 4) is 0 Å². The van der Waals surface area contributed by atoms with E-state index in [0.29, 0.717) is 17.1 Å². The van der Waals surface area contributed by atoms with Crippen molar-refractivity contribution < 1.29 is 4.79 Å². The van der Waals surface area contributed by atoms with Crippen molar-refractivity contribution >= 4 is 28.9 Å². The van der Waals surface area contributed by atoms with Crippen LogP contribution >= 0.6 is 11.6 Å². The van der Waals surface area contributed by atoms with Gasteiger partial charge in [0.2, 0.25) is 0 Å². The number of aryl methyl sites for hydroxylation is 1. The number of carbonyl (C=O) groups is 1. The van der Waals surface area contributed by atoms with Crippen LogP contribution in [0, 0.1) is 6.92 Å². The van der Waals surface area contributed by atoms with Gasteiger partial charge in [-0.15, -0.1) is 0 Å². The highest BCUT2D eigenvalue weighted by Gasteiger charge is 2.22. The standard InChI is InChI=1S/C22H20ClN3O/c1-15-6-7-19(23)11-21(15)25-20-10-18(12-24-13-20)22(27)26-9-8-16-4-2-3-5-17(16)14-26/h2-7,10-13,25H,8-9,14H2,1H3. The Balaban J connectivity index is 1.54. The van der Waals surface area contributed by atoms with Gasteiger partial charge in [-0.2, -0.15) is 0 Å². The van der Waals surface area contributed by atoms with E-state index in [1.165, 1.54) is 11.1 Å². The van der Waals surface area contributed by atoms with E-state index in [-0.39, 0.29) is 5.91 Å². The van der Waals surface area contributed by atoms with Crippen molar-refractivity contribution in [1.82, 2.24) is 9.88 Å². The van der Waals surface area contributed by atoms with Gasteiger partial charge < -0.3 is 10.2 Å². The molecule has 1 amide bonds. The molecule has 4 nitrogen and oxygen atoms in total. The maximum Gasteiger partial charge on any atom is 0.255 e. The molecule has 3 aromatic rings. The van der Waals surface area contributed by atoms with Gasteiger partial charge in [0.1, 0.15) is 0 Å². The van der Waals surface area contributed by atoms with E-state index in [9.17, 15) is 4.79 Å². The number of anilines is 2. The van der Waals surface area contributed by atoms with E-state index >= 15 is 0 Å². The molecule has 136 valence electrons. The van der Waals surface area contributed by atoms with E-state index in [1.54, 1.807) is 12.4 Å². The number of fused-ring (bicyclic) bond motifs is 1. The lowest BCUT2D eigenvalue weighted by Crippen LogP contribution is -2.36. The maximum atomic E-state index is 13.0. The van der Waals surface area contributed by atoms with Crippen molar-refractivity contribution in [2.45, 2.75) is 19.9 Å². The summed E-state index contributed by atoms with van der Waals surface area (Å²) in [5.74, 6) is 0.00321. The summed E-state index contributed by atoms with van der Waals surface area (Å²) in [6, 6.07) is 15.8. The van der Waals surface area contributed by atoms with Crippen LogP contribution in [0.1, 0.15) is 27.0 Å². The fourth-order valence-corrected chi connectivity index (χ4v) is 3.53. The second kappa shape index (κ2) is 7.41. The second-order valence-corrected chi connectivity index (χ2v) is 7.23. The molecule has 0 saturated heterocycles. The van der Waals surface area contributed by atoms with Crippen LogP contribution in [0.25, 0.3) is 0 Å². The molecule has 0 spiro atoms. The summed E-state index contributed by atoms with van der Waals surface area (Å²) in [5.41, 5.74) is 5.87. The van der Waals surface area contributed by atoms with Crippen LogP contribution in [0.4, 0.5) is 11.4 Å². The lowest BCUT2D eigenvalue weighted by atomic mass is 9.99. The van der Waals surface area contributed by atoms with E-state index in [0.717, 1.165) is 29.9 Å². The molecule has 0 unspecified atom stereocenters. The lowest BCUT2D eigenvalue weighted by molar-refractivity contribution is 0.0734. The molecule has 2 aromatic carbocycles. The molecule has 0 aliphatic carbocycles. The van der Waals surface area contributed by atoms with Gasteiger partial charge in [-0.1, -0.05) is 41.9 Å². The fourth-order valence-electron chi connectivity index (χ4n) is 3.36. The smallest absolute Gasteiger partial charge is 0.255 e. The summed E-state index contributed by atoms with van der Waals surface area (Å²) in [6.45, 7) is 3.37. The average Bonchev–Trinajstić information content (AvgIpc) is 2.70. The Bertz CT molecular complexity index is 1000. The Morgan fingerprint density at radius 2 is 1.93 bits per heavy atom. The number of carbonyl (C=O) groups excluding carboxylic acids is 1. The van der Waals surface area contributed by atoms with Gasteiger partial charge in [-0.05, 0) is 48.2 Å². The minimum Gasteiger partial charge on any atom is -0.354 e. The summed E-state index contributed by atoms with van der Waals surface area (Å²) >= 11 is 6.09. The zero-order chi connectivity index (χ0) is 18.8. The second-order valence-electron chi connectivity index (χ2n) is 6.79. The van der Waals surface area contributed by atoms with Gasteiger partial charge in [-0.25, -0.2) is 0 Å². The summed E-state index contributed by atoms with van der Waals surface area (Å²) < 4.78 is 0. The number of aromatic nitrogens is 1. The summed E-state index contributed by atoms with van der Waals surface area (Å²) in [4.78, 5) is 19.1. The number of benzene rings is 2. The third-order valence-corrected chi connectivity index (χ3v) is 5.12. The Hall–Kier alpha value is -2.85. The zero-order valence-electron chi connectivity index (χ0n) is 15.1. The molecule has 4 rings (SSSR count). The Labute approximate surface area is 163 Å². The highest BCUT2D eigenvalue weighted by molar-refractivity contribution is 6.30. The topological polar surface area (TPSA) is 45.2 Å². The highest BCUT2D eigenvalue weighted by atomic mass is 35.5. The van der Waals surface area contributed by atoms with Crippen LogP contribution in [0.2, 0.25) is 5.02 Å². The third-order valence-electron chi connectivity index (χ3n) is 4.88. The van der Waals surface area contributed by atoms with Gasteiger partial charge in [0.15, 0.2) is 0 Å². The molecule has 1 N–H and O–H groups in total. The average molecular weight is 378 g/mol. The number of hydrogen-bond donors (Lipinski definition) is 1. The van der Waals surface area contributed by atoms with E-state index in [4.69, 9.17) is 11.6 Å². The first-order chi connectivity index (χ1) is 13.1. The fraction of sp³-hybridized carbons (Fsp3) is 0.182. The Morgan fingerprint density at radius 1 is 1.11 bits per heavy atom. The summed E-state index contributed by atoms with van der Waals surface area (Å²) in [7, 11) is 0. The monoisotopic (exact) mass is 377 g/mol. The predicted octanol–water partition coefficient (Wildman–Crippen LogP) is 4.99. The van der Waals surface area contributed by atoms with Crippen LogP contribution in [-0.2, 0) is 13.0 Å². The quantitative estimate of drug-likeness (QED) is 0.699. The molecule has 1 aliphatic rings. The highest BCUT2D eigenvalue weighted by Crippen LogP contribution is 2.25. The molecule has 2 heterocycles. The van der Waals surface area contributed by atoms with E-state index in [1.807, 2.05) is 48.2 Å². The van der Waals surface area contributed by atoms with Crippen LogP contribution in [0.3, 0.4) is 0 Å². The molecule has 0 radical (unpaired) electrons. The molecule has 0 saturated carbocycles. The van der Waals surface area contributed by atoms with Crippen molar-refractivity contribution in [2.75, 3.05) is 11.9 Å². The minimum absolute atomic E-state index is 0.00321. The zero-order valence-corrected chi connectivity index (χ0v) is 15.8. The predicted molar refractivity (Wildman–Crippen MR) is 109 cm³/mol. The van der Waals surface area contributed by atoms with Gasteiger partial charge >= 0.3 is 0 Å². The number of nitrogens with zero attached hydrogens (tertiary/aromatic N) is 2. The number of pyridine rings is 1.